The fourth-order valence-corrected chi connectivity index (χ4v) is 1.66. The number of carbonyl (C=O) groups is 4. The van der Waals surface area contributed by atoms with Crippen LogP contribution < -0.4 is 10.6 Å². The number of hydrogen-bond acceptors (Lipinski definition) is 8. The standard InChI is InChI=1S/2C7H13NO3S2/c2*1-7(2,13)6(11)8-4(3-12)5(9)10/h2*4,12-13H,3H2,1-2H3,(H,8,11)(H,9,10)/t2*4-/m00/s1. The summed E-state index contributed by atoms with van der Waals surface area (Å²) >= 11 is 15.6. The number of rotatable bonds is 8. The first-order valence-corrected chi connectivity index (χ1v) is 9.47. The number of thiol groups is 4. The van der Waals surface area contributed by atoms with Crippen LogP contribution in [0.5, 0.6) is 0 Å². The maximum Gasteiger partial charge on any atom is 0.327 e. The van der Waals surface area contributed by atoms with Gasteiger partial charge in [0.2, 0.25) is 11.8 Å². The molecule has 8 nitrogen and oxygen atoms in total. The van der Waals surface area contributed by atoms with E-state index >= 15 is 0 Å². The fourth-order valence-electron chi connectivity index (χ4n) is 1.04. The average Bonchev–Trinajstić information content (AvgIpc) is 2.47. The number of amides is 2. The summed E-state index contributed by atoms with van der Waals surface area (Å²) in [5.41, 5.74) is 0. The Hall–Kier alpha value is -0.720. The van der Waals surface area contributed by atoms with Crippen LogP contribution in [0.4, 0.5) is 0 Å². The summed E-state index contributed by atoms with van der Waals surface area (Å²) in [4.78, 5) is 43.5. The zero-order valence-electron chi connectivity index (χ0n) is 14.9. The van der Waals surface area contributed by atoms with E-state index in [1.165, 1.54) is 0 Å². The van der Waals surface area contributed by atoms with Gasteiger partial charge in [-0.05, 0) is 27.7 Å². The number of aliphatic carboxylic acids is 2. The predicted molar refractivity (Wildman–Crippen MR) is 113 cm³/mol. The monoisotopic (exact) mass is 446 g/mol. The van der Waals surface area contributed by atoms with Crippen molar-refractivity contribution in [2.75, 3.05) is 11.5 Å². The van der Waals surface area contributed by atoms with Crippen LogP contribution in [0.1, 0.15) is 27.7 Å². The van der Waals surface area contributed by atoms with Gasteiger partial charge in [0.05, 0.1) is 9.49 Å². The summed E-state index contributed by atoms with van der Waals surface area (Å²) in [5.74, 6) is -2.91. The van der Waals surface area contributed by atoms with Crippen LogP contribution in [-0.2, 0) is 19.2 Å². The summed E-state index contributed by atoms with van der Waals surface area (Å²) in [5, 5.41) is 21.8. The molecule has 0 fully saturated rings. The maximum absolute atomic E-state index is 11.3. The molecule has 0 saturated heterocycles. The molecule has 0 unspecified atom stereocenters. The second-order valence-electron chi connectivity index (χ2n) is 6.21. The van der Waals surface area contributed by atoms with Gasteiger partial charge in [-0.3, -0.25) is 9.59 Å². The SMILES string of the molecule is CC(C)(S)C(=O)N[C@@H](CS)C(=O)O.CC(C)(S)C(=O)N[C@@H](CS)C(=O)O. The van der Waals surface area contributed by atoms with Crippen LogP contribution in [0.3, 0.4) is 0 Å². The lowest BCUT2D eigenvalue weighted by atomic mass is 10.2. The van der Waals surface area contributed by atoms with E-state index in [1.54, 1.807) is 27.7 Å². The first-order valence-electron chi connectivity index (χ1n) is 7.31. The molecule has 0 spiro atoms. The van der Waals surface area contributed by atoms with E-state index < -0.39 is 45.3 Å². The number of nitrogens with one attached hydrogen (secondary N) is 2. The molecule has 0 aliphatic carbocycles. The second-order valence-corrected chi connectivity index (χ2v) is 9.18. The smallest absolute Gasteiger partial charge is 0.327 e. The zero-order chi connectivity index (χ0) is 21.3. The molecule has 0 radical (unpaired) electrons. The Bertz CT molecular complexity index is 471. The second kappa shape index (κ2) is 11.9. The molecule has 0 aromatic heterocycles. The minimum Gasteiger partial charge on any atom is -0.480 e. The van der Waals surface area contributed by atoms with Crippen molar-refractivity contribution in [3.63, 3.8) is 0 Å². The Morgan fingerprint density at radius 2 is 1.00 bits per heavy atom. The molecule has 2 amide bonds. The third kappa shape index (κ3) is 11.8. The summed E-state index contributed by atoms with van der Waals surface area (Å²) in [6, 6.07) is -1.91. The topological polar surface area (TPSA) is 133 Å². The highest BCUT2D eigenvalue weighted by molar-refractivity contribution is 7.83. The van der Waals surface area contributed by atoms with Gasteiger partial charge in [0.1, 0.15) is 12.1 Å². The first-order chi connectivity index (χ1) is 11.6. The molecular weight excluding hydrogens is 420 g/mol. The van der Waals surface area contributed by atoms with Crippen LogP contribution >= 0.6 is 50.5 Å². The molecule has 0 heterocycles. The van der Waals surface area contributed by atoms with E-state index in [0.29, 0.717) is 0 Å². The van der Waals surface area contributed by atoms with Gasteiger partial charge in [-0.25, -0.2) is 9.59 Å². The van der Waals surface area contributed by atoms with Gasteiger partial charge in [-0.15, -0.1) is 0 Å². The molecule has 4 N–H and O–H groups in total. The largest absolute Gasteiger partial charge is 0.480 e. The highest BCUT2D eigenvalue weighted by atomic mass is 32.1. The minimum atomic E-state index is -1.10. The molecule has 0 aromatic carbocycles. The van der Waals surface area contributed by atoms with E-state index in [1.807, 2.05) is 0 Å². The van der Waals surface area contributed by atoms with E-state index in [2.05, 4.69) is 61.1 Å². The van der Waals surface area contributed by atoms with Crippen LogP contribution in [0, 0.1) is 0 Å². The summed E-state index contributed by atoms with van der Waals surface area (Å²) in [7, 11) is 0. The normalized spacial score (nSPS) is 13.5. The molecule has 2 atom stereocenters. The van der Waals surface area contributed by atoms with Gasteiger partial charge in [0.25, 0.3) is 0 Å². The van der Waals surface area contributed by atoms with E-state index in [9.17, 15) is 19.2 Å². The minimum absolute atomic E-state index is 0.0604. The van der Waals surface area contributed by atoms with Crippen molar-refractivity contribution in [2.45, 2.75) is 49.3 Å². The third-order valence-electron chi connectivity index (χ3n) is 2.68. The van der Waals surface area contributed by atoms with Gasteiger partial charge < -0.3 is 20.8 Å². The lowest BCUT2D eigenvalue weighted by Crippen LogP contribution is -2.48. The van der Waals surface area contributed by atoms with Crippen molar-refractivity contribution in [2.24, 2.45) is 0 Å². The van der Waals surface area contributed by atoms with Crippen LogP contribution in [0.25, 0.3) is 0 Å². The van der Waals surface area contributed by atoms with Crippen molar-refractivity contribution in [3.05, 3.63) is 0 Å². The van der Waals surface area contributed by atoms with Gasteiger partial charge >= 0.3 is 11.9 Å². The Morgan fingerprint density at radius 1 is 0.769 bits per heavy atom. The molecule has 152 valence electrons. The van der Waals surface area contributed by atoms with Crippen molar-refractivity contribution < 1.29 is 29.4 Å². The highest BCUT2D eigenvalue weighted by Gasteiger charge is 2.28. The Morgan fingerprint density at radius 3 is 1.12 bits per heavy atom. The molecule has 0 rings (SSSR count). The Kier molecular flexibility index (Phi) is 12.6. The number of carboxylic acids is 2. The van der Waals surface area contributed by atoms with Crippen molar-refractivity contribution in [1.29, 1.82) is 0 Å². The van der Waals surface area contributed by atoms with Crippen molar-refractivity contribution in [3.8, 4) is 0 Å². The Labute approximate surface area is 174 Å². The number of carboxylic acid groups (broad SMARTS) is 2. The summed E-state index contributed by atoms with van der Waals surface area (Å²) in [6.45, 7) is 6.34. The lowest BCUT2D eigenvalue weighted by molar-refractivity contribution is -0.141. The summed E-state index contributed by atoms with van der Waals surface area (Å²) < 4.78 is -1.76. The fraction of sp³-hybridized carbons (Fsp3) is 0.714. The third-order valence-corrected chi connectivity index (χ3v) is 3.82. The van der Waals surface area contributed by atoms with E-state index in [0.717, 1.165) is 0 Å². The molecule has 12 heteroatoms. The molecule has 0 bridgehead atoms. The molecule has 0 aliphatic heterocycles. The van der Waals surface area contributed by atoms with Gasteiger partial charge in [-0.2, -0.15) is 50.5 Å². The van der Waals surface area contributed by atoms with Crippen LogP contribution in [-0.4, -0.2) is 67.0 Å². The molecular formula is C14H26N2O6S4. The maximum atomic E-state index is 11.3. The summed E-state index contributed by atoms with van der Waals surface area (Å²) in [6.07, 6.45) is 0. The molecule has 0 saturated carbocycles. The van der Waals surface area contributed by atoms with Gasteiger partial charge in [-0.1, -0.05) is 0 Å². The first kappa shape index (κ1) is 27.5. The zero-order valence-corrected chi connectivity index (χ0v) is 18.5. The highest BCUT2D eigenvalue weighted by Crippen LogP contribution is 2.12. The van der Waals surface area contributed by atoms with Gasteiger partial charge in [0, 0.05) is 11.5 Å². The van der Waals surface area contributed by atoms with Crippen LogP contribution in [0.2, 0.25) is 0 Å². The van der Waals surface area contributed by atoms with Crippen molar-refractivity contribution >= 4 is 74.3 Å². The predicted octanol–water partition coefficient (Wildman–Crippen LogP) is 0.388. The number of hydrogen-bond donors (Lipinski definition) is 8. The van der Waals surface area contributed by atoms with Gasteiger partial charge in [0.15, 0.2) is 0 Å². The Balaban J connectivity index is 0. The lowest BCUT2D eigenvalue weighted by Gasteiger charge is -2.19. The average molecular weight is 447 g/mol. The van der Waals surface area contributed by atoms with Crippen LogP contribution in [0.15, 0.2) is 0 Å². The quantitative estimate of drug-likeness (QED) is 0.254. The van der Waals surface area contributed by atoms with E-state index in [4.69, 9.17) is 10.2 Å². The molecule has 26 heavy (non-hydrogen) atoms. The van der Waals surface area contributed by atoms with E-state index in [-0.39, 0.29) is 11.5 Å². The molecule has 0 aliphatic rings. The van der Waals surface area contributed by atoms with Crippen molar-refractivity contribution in [1.82, 2.24) is 10.6 Å². The number of carbonyl (C=O) groups excluding carboxylic acids is 2. The molecule has 0 aromatic rings.